The van der Waals surface area contributed by atoms with Crippen molar-refractivity contribution < 1.29 is 9.18 Å². The van der Waals surface area contributed by atoms with E-state index in [4.69, 9.17) is 0 Å². The van der Waals surface area contributed by atoms with Crippen molar-refractivity contribution in [1.82, 2.24) is 10.6 Å². The van der Waals surface area contributed by atoms with Crippen LogP contribution < -0.4 is 10.6 Å². The summed E-state index contributed by atoms with van der Waals surface area (Å²) in [5.41, 5.74) is 4.92. The zero-order valence-electron chi connectivity index (χ0n) is 15.3. The van der Waals surface area contributed by atoms with E-state index in [2.05, 4.69) is 34.9 Å². The summed E-state index contributed by atoms with van der Waals surface area (Å²) in [6.07, 6.45) is 0.794. The Bertz CT molecular complexity index is 906. The van der Waals surface area contributed by atoms with Crippen LogP contribution in [-0.4, -0.2) is 19.5 Å². The Kier molecular flexibility index (Phi) is 6.34. The number of amides is 1. The first-order valence-electron chi connectivity index (χ1n) is 9.02. The highest BCUT2D eigenvalue weighted by Crippen LogP contribution is 2.21. The van der Waals surface area contributed by atoms with E-state index < -0.39 is 0 Å². The number of nitrogens with one attached hydrogen (secondary N) is 2. The Morgan fingerprint density at radius 1 is 0.889 bits per heavy atom. The molecule has 3 aromatic rings. The highest BCUT2D eigenvalue weighted by molar-refractivity contribution is 5.95. The molecular weight excluding hydrogens is 339 g/mol. The van der Waals surface area contributed by atoms with Gasteiger partial charge in [0.05, 0.1) is 0 Å². The first-order chi connectivity index (χ1) is 13.2. The second-order valence-electron chi connectivity index (χ2n) is 6.41. The van der Waals surface area contributed by atoms with Crippen LogP contribution in [0.25, 0.3) is 11.1 Å². The Labute approximate surface area is 159 Å². The fourth-order valence-electron chi connectivity index (χ4n) is 2.96. The highest BCUT2D eigenvalue weighted by atomic mass is 19.1. The van der Waals surface area contributed by atoms with Crippen molar-refractivity contribution in [2.24, 2.45) is 0 Å². The predicted octanol–water partition coefficient (Wildman–Crippen LogP) is 4.18. The smallest absolute Gasteiger partial charge is 0.251 e. The highest BCUT2D eigenvalue weighted by Gasteiger charge is 2.05. The van der Waals surface area contributed by atoms with Gasteiger partial charge in [0.25, 0.3) is 5.91 Å². The van der Waals surface area contributed by atoms with Gasteiger partial charge in [-0.25, -0.2) is 4.39 Å². The van der Waals surface area contributed by atoms with Gasteiger partial charge >= 0.3 is 0 Å². The molecule has 0 spiro atoms. The van der Waals surface area contributed by atoms with Gasteiger partial charge in [0.1, 0.15) is 5.82 Å². The molecule has 138 valence electrons. The van der Waals surface area contributed by atoms with Crippen LogP contribution in [0.4, 0.5) is 4.39 Å². The minimum atomic E-state index is -0.191. The third-order valence-electron chi connectivity index (χ3n) is 4.45. The molecule has 3 rings (SSSR count). The minimum absolute atomic E-state index is 0.0871. The van der Waals surface area contributed by atoms with Crippen molar-refractivity contribution in [1.29, 1.82) is 0 Å². The van der Waals surface area contributed by atoms with Gasteiger partial charge < -0.3 is 10.6 Å². The number of rotatable bonds is 7. The lowest BCUT2D eigenvalue weighted by Gasteiger charge is -2.08. The lowest BCUT2D eigenvalue weighted by atomic mass is 10.0. The minimum Gasteiger partial charge on any atom is -0.355 e. The number of benzene rings is 3. The number of hydrogen-bond acceptors (Lipinski definition) is 2. The molecule has 0 atom stereocenters. The summed E-state index contributed by atoms with van der Waals surface area (Å²) >= 11 is 0. The molecule has 0 fully saturated rings. The van der Waals surface area contributed by atoms with Crippen LogP contribution in [0.15, 0.2) is 72.8 Å². The molecule has 0 radical (unpaired) electrons. The van der Waals surface area contributed by atoms with E-state index in [1.807, 2.05) is 24.3 Å². The van der Waals surface area contributed by atoms with Gasteiger partial charge in [-0.2, -0.15) is 0 Å². The molecular formula is C23H23FN2O. The van der Waals surface area contributed by atoms with Crippen molar-refractivity contribution in [2.45, 2.75) is 13.0 Å². The van der Waals surface area contributed by atoms with Crippen LogP contribution in [0.3, 0.4) is 0 Å². The van der Waals surface area contributed by atoms with Crippen molar-refractivity contribution in [3.63, 3.8) is 0 Å². The molecule has 0 aliphatic carbocycles. The number of carbonyl (C=O) groups excluding carboxylic acids is 1. The number of halogens is 1. The Morgan fingerprint density at radius 3 is 2.41 bits per heavy atom. The summed E-state index contributed by atoms with van der Waals surface area (Å²) in [6.45, 7) is 1.55. The second-order valence-corrected chi connectivity index (χ2v) is 6.41. The van der Waals surface area contributed by atoms with E-state index in [1.54, 1.807) is 25.2 Å². The van der Waals surface area contributed by atoms with E-state index in [0.717, 1.165) is 36.2 Å². The number of hydrogen-bond donors (Lipinski definition) is 2. The van der Waals surface area contributed by atoms with Crippen LogP contribution in [0, 0.1) is 5.82 Å². The molecule has 0 unspecified atom stereocenters. The largest absolute Gasteiger partial charge is 0.355 e. The van der Waals surface area contributed by atoms with Gasteiger partial charge in [-0.1, -0.05) is 48.5 Å². The standard InChI is InChI=1S/C23H23FN2O/c1-25-23(27)21-6-3-5-20(15-21)19-10-8-18(9-11-19)16-26-13-12-17-4-2-7-22(24)14-17/h2-11,14-15,26H,12-13,16H2,1H3,(H,25,27). The number of carbonyl (C=O) groups is 1. The molecule has 0 aliphatic rings. The maximum atomic E-state index is 13.2. The molecule has 0 heterocycles. The van der Waals surface area contributed by atoms with Crippen LogP contribution in [0.5, 0.6) is 0 Å². The summed E-state index contributed by atoms with van der Waals surface area (Å²) < 4.78 is 13.2. The Balaban J connectivity index is 1.55. The second kappa shape index (κ2) is 9.10. The van der Waals surface area contributed by atoms with Gasteiger partial charge in [0.2, 0.25) is 0 Å². The van der Waals surface area contributed by atoms with Gasteiger partial charge in [0.15, 0.2) is 0 Å². The fraction of sp³-hybridized carbons (Fsp3) is 0.174. The zero-order valence-corrected chi connectivity index (χ0v) is 15.3. The topological polar surface area (TPSA) is 41.1 Å². The maximum absolute atomic E-state index is 13.2. The van der Waals surface area contributed by atoms with Gasteiger partial charge in [-0.3, -0.25) is 4.79 Å². The first-order valence-corrected chi connectivity index (χ1v) is 9.02. The molecule has 0 saturated carbocycles. The monoisotopic (exact) mass is 362 g/mol. The summed E-state index contributed by atoms with van der Waals surface area (Å²) in [5.74, 6) is -0.278. The van der Waals surface area contributed by atoms with E-state index in [-0.39, 0.29) is 11.7 Å². The SMILES string of the molecule is CNC(=O)c1cccc(-c2ccc(CNCCc3cccc(F)c3)cc2)c1. The Morgan fingerprint density at radius 2 is 1.67 bits per heavy atom. The summed E-state index contributed by atoms with van der Waals surface area (Å²) in [5, 5.41) is 6.03. The summed E-state index contributed by atoms with van der Waals surface area (Å²) in [4.78, 5) is 11.8. The molecule has 3 nitrogen and oxygen atoms in total. The molecule has 27 heavy (non-hydrogen) atoms. The first kappa shape index (κ1) is 18.8. The van der Waals surface area contributed by atoms with Crippen LogP contribution in [-0.2, 0) is 13.0 Å². The van der Waals surface area contributed by atoms with Crippen molar-refractivity contribution in [2.75, 3.05) is 13.6 Å². The van der Waals surface area contributed by atoms with Gasteiger partial charge in [0, 0.05) is 19.2 Å². The van der Waals surface area contributed by atoms with Crippen molar-refractivity contribution >= 4 is 5.91 Å². The van der Waals surface area contributed by atoms with Crippen molar-refractivity contribution in [3.8, 4) is 11.1 Å². The zero-order chi connectivity index (χ0) is 19.1. The normalized spacial score (nSPS) is 10.6. The molecule has 3 aromatic carbocycles. The third kappa shape index (κ3) is 5.25. The lowest BCUT2D eigenvalue weighted by molar-refractivity contribution is 0.0963. The van der Waals surface area contributed by atoms with Crippen LogP contribution >= 0.6 is 0 Å². The molecule has 2 N–H and O–H groups in total. The average Bonchev–Trinajstić information content (AvgIpc) is 2.71. The fourth-order valence-corrected chi connectivity index (χ4v) is 2.96. The molecule has 0 saturated heterocycles. The third-order valence-corrected chi connectivity index (χ3v) is 4.45. The van der Waals surface area contributed by atoms with E-state index in [9.17, 15) is 9.18 Å². The summed E-state index contributed by atoms with van der Waals surface area (Å²) in [6, 6.07) is 22.6. The van der Waals surface area contributed by atoms with Crippen LogP contribution in [0.2, 0.25) is 0 Å². The lowest BCUT2D eigenvalue weighted by Crippen LogP contribution is -2.17. The molecule has 4 heteroatoms. The van der Waals surface area contributed by atoms with Crippen LogP contribution in [0.1, 0.15) is 21.5 Å². The predicted molar refractivity (Wildman–Crippen MR) is 107 cm³/mol. The molecule has 0 bridgehead atoms. The van der Waals surface area contributed by atoms with E-state index in [1.165, 1.54) is 11.6 Å². The van der Waals surface area contributed by atoms with Crippen molar-refractivity contribution in [3.05, 3.63) is 95.3 Å². The quantitative estimate of drug-likeness (QED) is 0.619. The average molecular weight is 362 g/mol. The molecule has 0 aliphatic heterocycles. The van der Waals surface area contributed by atoms with Gasteiger partial charge in [-0.05, 0) is 59.5 Å². The van der Waals surface area contributed by atoms with E-state index >= 15 is 0 Å². The van der Waals surface area contributed by atoms with Gasteiger partial charge in [-0.15, -0.1) is 0 Å². The Hall–Kier alpha value is -2.98. The van der Waals surface area contributed by atoms with E-state index in [0.29, 0.717) is 5.56 Å². The maximum Gasteiger partial charge on any atom is 0.251 e. The molecule has 1 amide bonds. The molecule has 0 aromatic heterocycles. The summed E-state index contributed by atoms with van der Waals surface area (Å²) in [7, 11) is 1.63.